The molecule has 4 fully saturated rings. The number of carbonyl (C=O) groups is 6. The van der Waals surface area contributed by atoms with Gasteiger partial charge in [-0.2, -0.15) is 0 Å². The molecule has 1 saturated carbocycles. The average Bonchev–Trinajstić information content (AvgIpc) is 3.36. The van der Waals surface area contributed by atoms with E-state index in [9.17, 15) is 28.8 Å². The number of anilines is 1. The van der Waals surface area contributed by atoms with Gasteiger partial charge < -0.3 is 0 Å². The van der Waals surface area contributed by atoms with Gasteiger partial charge in [0.15, 0.2) is 0 Å². The van der Waals surface area contributed by atoms with E-state index in [1.807, 2.05) is 32.0 Å². The second-order valence-electron chi connectivity index (χ2n) is 11.7. The molecule has 5 rings (SSSR count). The maximum Gasteiger partial charge on any atom is 0.237 e. The molecule has 3 aliphatic heterocycles. The molecule has 9 heteroatoms. The molecule has 218 valence electrons. The maximum absolute atomic E-state index is 11.9. The molecule has 0 radical (unpaired) electrons. The maximum atomic E-state index is 11.9. The van der Waals surface area contributed by atoms with Gasteiger partial charge in [0, 0.05) is 48.6 Å². The van der Waals surface area contributed by atoms with Crippen LogP contribution in [-0.2, 0) is 28.8 Å². The van der Waals surface area contributed by atoms with Crippen molar-refractivity contribution in [3.05, 3.63) is 30.3 Å². The fraction of sp³-hybridized carbons (Fsp3) is 0.613. The van der Waals surface area contributed by atoms with E-state index in [0.29, 0.717) is 5.69 Å². The van der Waals surface area contributed by atoms with Crippen LogP contribution < -0.4 is 4.90 Å². The van der Waals surface area contributed by atoms with Crippen LogP contribution in [-0.4, -0.2) is 58.3 Å². The van der Waals surface area contributed by atoms with Crippen LogP contribution in [0.3, 0.4) is 0 Å². The summed E-state index contributed by atoms with van der Waals surface area (Å²) in [6.45, 7) is 10.9. The van der Waals surface area contributed by atoms with Crippen LogP contribution in [0.2, 0.25) is 0 Å². The number of carbonyl (C=O) groups excluding carboxylic acids is 6. The van der Waals surface area contributed by atoms with Crippen molar-refractivity contribution < 1.29 is 28.8 Å². The van der Waals surface area contributed by atoms with Crippen LogP contribution in [0.4, 0.5) is 5.69 Å². The summed E-state index contributed by atoms with van der Waals surface area (Å²) in [7, 11) is 1.53. The number of amides is 6. The van der Waals surface area contributed by atoms with Crippen LogP contribution >= 0.6 is 0 Å². The summed E-state index contributed by atoms with van der Waals surface area (Å²) in [5, 5.41) is 0. The molecular weight excluding hydrogens is 510 g/mol. The van der Waals surface area contributed by atoms with E-state index >= 15 is 0 Å². The van der Waals surface area contributed by atoms with E-state index in [4.69, 9.17) is 0 Å². The smallest absolute Gasteiger partial charge is 0.237 e. The fourth-order valence-electron chi connectivity index (χ4n) is 5.60. The third-order valence-corrected chi connectivity index (χ3v) is 9.12. The highest BCUT2D eigenvalue weighted by atomic mass is 16.2. The van der Waals surface area contributed by atoms with Crippen LogP contribution in [0.25, 0.3) is 0 Å². The Morgan fingerprint density at radius 2 is 0.900 bits per heavy atom. The first-order chi connectivity index (χ1) is 18.8. The van der Waals surface area contributed by atoms with Gasteiger partial charge in [0.25, 0.3) is 0 Å². The molecule has 1 aromatic carbocycles. The van der Waals surface area contributed by atoms with E-state index in [2.05, 4.69) is 0 Å². The van der Waals surface area contributed by atoms with Crippen molar-refractivity contribution in [2.45, 2.75) is 79.7 Å². The Bertz CT molecular complexity index is 1080. The van der Waals surface area contributed by atoms with Crippen LogP contribution in [0.1, 0.15) is 73.6 Å². The highest BCUT2D eigenvalue weighted by molar-refractivity contribution is 6.21. The summed E-state index contributed by atoms with van der Waals surface area (Å²) in [5.74, 6) is -1.10. The molecule has 0 spiro atoms. The van der Waals surface area contributed by atoms with E-state index < -0.39 is 0 Å². The topological polar surface area (TPSA) is 112 Å². The molecule has 4 aliphatic rings. The minimum absolute atomic E-state index is 0.0550. The first kappa shape index (κ1) is 31.2. The lowest BCUT2D eigenvalue weighted by Crippen LogP contribution is -2.41. The van der Waals surface area contributed by atoms with Crippen molar-refractivity contribution >= 4 is 41.1 Å². The molecule has 6 amide bonds. The van der Waals surface area contributed by atoms with Gasteiger partial charge in [-0.3, -0.25) is 43.5 Å². The van der Waals surface area contributed by atoms with Crippen molar-refractivity contribution in [3.63, 3.8) is 0 Å². The van der Waals surface area contributed by atoms with E-state index in [1.165, 1.54) is 23.3 Å². The molecule has 6 unspecified atom stereocenters. The number of para-hydroxylation sites is 1. The van der Waals surface area contributed by atoms with Crippen LogP contribution in [0.15, 0.2) is 30.3 Å². The lowest BCUT2D eigenvalue weighted by atomic mass is 9.94. The van der Waals surface area contributed by atoms with Gasteiger partial charge >= 0.3 is 0 Å². The minimum atomic E-state index is -0.210. The largest absolute Gasteiger partial charge is 0.285 e. The monoisotopic (exact) mass is 553 g/mol. The Balaban J connectivity index is 0.000000169. The molecule has 0 bridgehead atoms. The first-order valence-electron chi connectivity index (χ1n) is 14.4. The molecular formula is C31H43N3O6. The van der Waals surface area contributed by atoms with Crippen LogP contribution in [0, 0.1) is 35.5 Å². The first-order valence-corrected chi connectivity index (χ1v) is 14.4. The quantitative estimate of drug-likeness (QED) is 0.511. The number of likely N-dealkylation sites (tertiary alicyclic amines) is 2. The Morgan fingerprint density at radius 1 is 0.525 bits per heavy atom. The summed E-state index contributed by atoms with van der Waals surface area (Å²) >= 11 is 0. The summed E-state index contributed by atoms with van der Waals surface area (Å²) in [5.41, 5.74) is 0.670. The molecule has 0 aromatic heterocycles. The Hall–Kier alpha value is -3.36. The zero-order valence-electron chi connectivity index (χ0n) is 24.8. The van der Waals surface area contributed by atoms with Crippen molar-refractivity contribution in [1.82, 2.24) is 9.80 Å². The molecule has 40 heavy (non-hydrogen) atoms. The summed E-state index contributed by atoms with van der Waals surface area (Å²) in [6.07, 6.45) is 5.58. The molecule has 9 nitrogen and oxygen atoms in total. The predicted molar refractivity (Wildman–Crippen MR) is 150 cm³/mol. The number of hydrogen-bond acceptors (Lipinski definition) is 6. The second kappa shape index (κ2) is 12.9. The molecule has 1 aliphatic carbocycles. The Kier molecular flexibility index (Phi) is 10.0. The van der Waals surface area contributed by atoms with Gasteiger partial charge in [-0.15, -0.1) is 0 Å². The van der Waals surface area contributed by atoms with Gasteiger partial charge in [-0.05, 0) is 25.0 Å². The molecule has 3 heterocycles. The number of rotatable bonds is 2. The lowest BCUT2D eigenvalue weighted by Gasteiger charge is -2.29. The zero-order chi connectivity index (χ0) is 29.9. The minimum Gasteiger partial charge on any atom is -0.285 e. The van der Waals surface area contributed by atoms with Gasteiger partial charge in [0.2, 0.25) is 35.4 Å². The van der Waals surface area contributed by atoms with E-state index in [-0.39, 0.29) is 77.0 Å². The number of imide groups is 3. The second-order valence-corrected chi connectivity index (χ2v) is 11.7. The van der Waals surface area contributed by atoms with E-state index in [1.54, 1.807) is 44.7 Å². The molecule has 6 atom stereocenters. The van der Waals surface area contributed by atoms with E-state index in [0.717, 1.165) is 25.7 Å². The third kappa shape index (κ3) is 6.03. The molecule has 3 saturated heterocycles. The van der Waals surface area contributed by atoms with Crippen molar-refractivity contribution in [1.29, 1.82) is 0 Å². The molecule has 0 N–H and O–H groups in total. The van der Waals surface area contributed by atoms with Crippen LogP contribution in [0.5, 0.6) is 0 Å². The Labute approximate surface area is 237 Å². The van der Waals surface area contributed by atoms with Crippen molar-refractivity contribution in [3.8, 4) is 0 Å². The summed E-state index contributed by atoms with van der Waals surface area (Å²) in [6, 6.07) is 9.27. The zero-order valence-corrected chi connectivity index (χ0v) is 24.8. The normalized spacial score (nSPS) is 30.9. The Morgan fingerprint density at radius 3 is 1.27 bits per heavy atom. The molecule has 1 aromatic rings. The van der Waals surface area contributed by atoms with Gasteiger partial charge in [-0.25, -0.2) is 0 Å². The SMILES string of the molecule is CC1C(=O)N(C)C(=O)C1C.CC1C(=O)N(C2CCCCC2)C(=O)C1C.CC1C(=O)N(c2ccccc2)C(=O)C1C. The fourth-order valence-corrected chi connectivity index (χ4v) is 5.60. The summed E-state index contributed by atoms with van der Waals surface area (Å²) in [4.78, 5) is 73.6. The predicted octanol–water partition coefficient (Wildman–Crippen LogP) is 4.05. The van der Waals surface area contributed by atoms with Gasteiger partial charge in [0.1, 0.15) is 0 Å². The number of benzene rings is 1. The van der Waals surface area contributed by atoms with Gasteiger partial charge in [0.05, 0.1) is 5.69 Å². The standard InChI is InChI=1S/C12H19NO2.C12H13NO2.C7H11NO2/c2*1-8-9(2)12(15)13(11(8)14)10-6-4-3-5-7-10;1-4-5(2)7(10)8(3)6(4)9/h8-10H,3-7H2,1-2H3;3-9H,1-2H3;4-5H,1-3H3. The number of hydrogen-bond donors (Lipinski definition) is 0. The average molecular weight is 554 g/mol. The number of nitrogens with zero attached hydrogens (tertiary/aromatic N) is 3. The highest BCUT2D eigenvalue weighted by Crippen LogP contribution is 2.32. The third-order valence-electron chi connectivity index (χ3n) is 9.12. The van der Waals surface area contributed by atoms with Gasteiger partial charge in [-0.1, -0.05) is 79.0 Å². The summed E-state index contributed by atoms with van der Waals surface area (Å²) < 4.78 is 0. The lowest BCUT2D eigenvalue weighted by molar-refractivity contribution is -0.143. The van der Waals surface area contributed by atoms with Crippen molar-refractivity contribution in [2.75, 3.05) is 11.9 Å². The highest BCUT2D eigenvalue weighted by Gasteiger charge is 2.45. The van der Waals surface area contributed by atoms with Crippen molar-refractivity contribution in [2.24, 2.45) is 35.5 Å².